The minimum atomic E-state index is -3.63. The maximum atomic E-state index is 12.3. The standard InChI is InChI=1S/C14H22N2O4S2/c1-11-6-7-14(9-12(11)2)22(19,20)15-10-13-5-4-8-16(13)21(3,17)18/h6-7,9,13,15H,4-5,8,10H2,1-3H3. The highest BCUT2D eigenvalue weighted by Gasteiger charge is 2.32. The third kappa shape index (κ3) is 3.87. The maximum Gasteiger partial charge on any atom is 0.240 e. The Morgan fingerprint density at radius 2 is 1.86 bits per heavy atom. The summed E-state index contributed by atoms with van der Waals surface area (Å²) in [7, 11) is -6.93. The van der Waals surface area contributed by atoms with Gasteiger partial charge in [-0.2, -0.15) is 4.31 Å². The Balaban J connectivity index is 2.11. The molecule has 6 nitrogen and oxygen atoms in total. The van der Waals surface area contributed by atoms with E-state index in [1.807, 2.05) is 13.8 Å². The number of sulfonamides is 2. The summed E-state index contributed by atoms with van der Waals surface area (Å²) < 4.78 is 51.9. The van der Waals surface area contributed by atoms with Crippen LogP contribution in [0.1, 0.15) is 24.0 Å². The van der Waals surface area contributed by atoms with Crippen LogP contribution in [0.15, 0.2) is 23.1 Å². The summed E-state index contributed by atoms with van der Waals surface area (Å²) in [6.45, 7) is 4.33. The largest absolute Gasteiger partial charge is 0.240 e. The molecule has 0 amide bonds. The number of rotatable bonds is 5. The SMILES string of the molecule is Cc1ccc(S(=O)(=O)NCC2CCCN2S(C)(=O)=O)cc1C. The van der Waals surface area contributed by atoms with E-state index in [0.717, 1.165) is 23.8 Å². The molecule has 0 saturated carbocycles. The lowest BCUT2D eigenvalue weighted by atomic mass is 10.1. The van der Waals surface area contributed by atoms with Gasteiger partial charge in [0.2, 0.25) is 20.0 Å². The molecule has 0 bridgehead atoms. The summed E-state index contributed by atoms with van der Waals surface area (Å²) >= 11 is 0. The second-order valence-electron chi connectivity index (χ2n) is 5.77. The fourth-order valence-corrected chi connectivity index (χ4v) is 4.96. The number of hydrogen-bond acceptors (Lipinski definition) is 4. The van der Waals surface area contributed by atoms with Crippen LogP contribution in [-0.2, 0) is 20.0 Å². The molecule has 124 valence electrons. The molecule has 1 aromatic carbocycles. The molecule has 1 saturated heterocycles. The molecular weight excluding hydrogens is 324 g/mol. The van der Waals surface area contributed by atoms with Crippen molar-refractivity contribution in [3.63, 3.8) is 0 Å². The first-order valence-electron chi connectivity index (χ1n) is 7.15. The minimum Gasteiger partial charge on any atom is -0.212 e. The van der Waals surface area contributed by atoms with E-state index in [9.17, 15) is 16.8 Å². The van der Waals surface area contributed by atoms with Crippen LogP contribution in [0, 0.1) is 13.8 Å². The first-order valence-corrected chi connectivity index (χ1v) is 10.5. The Kier molecular flexibility index (Phi) is 4.96. The van der Waals surface area contributed by atoms with E-state index in [1.54, 1.807) is 18.2 Å². The molecule has 1 aliphatic heterocycles. The highest BCUT2D eigenvalue weighted by atomic mass is 32.2. The number of aryl methyl sites for hydroxylation is 2. The molecule has 0 aliphatic carbocycles. The van der Waals surface area contributed by atoms with E-state index >= 15 is 0 Å². The third-order valence-electron chi connectivity index (χ3n) is 4.05. The molecule has 0 spiro atoms. The van der Waals surface area contributed by atoms with Crippen LogP contribution >= 0.6 is 0 Å². The highest BCUT2D eigenvalue weighted by Crippen LogP contribution is 2.20. The van der Waals surface area contributed by atoms with E-state index in [0.29, 0.717) is 13.0 Å². The summed E-state index contributed by atoms with van der Waals surface area (Å²) in [5.74, 6) is 0. The van der Waals surface area contributed by atoms with Crippen molar-refractivity contribution >= 4 is 20.0 Å². The van der Waals surface area contributed by atoms with E-state index in [1.165, 1.54) is 4.31 Å². The lowest BCUT2D eigenvalue weighted by Gasteiger charge is -2.22. The van der Waals surface area contributed by atoms with Crippen LogP contribution in [0.2, 0.25) is 0 Å². The van der Waals surface area contributed by atoms with Crippen LogP contribution in [0.4, 0.5) is 0 Å². The zero-order valence-electron chi connectivity index (χ0n) is 13.0. The fourth-order valence-electron chi connectivity index (χ4n) is 2.62. The van der Waals surface area contributed by atoms with Crippen molar-refractivity contribution in [1.82, 2.24) is 9.03 Å². The Morgan fingerprint density at radius 1 is 1.18 bits per heavy atom. The van der Waals surface area contributed by atoms with Gasteiger partial charge in [-0.05, 0) is 49.9 Å². The van der Waals surface area contributed by atoms with Crippen LogP contribution in [0.3, 0.4) is 0 Å². The molecule has 1 aliphatic rings. The first-order chi connectivity index (χ1) is 10.1. The van der Waals surface area contributed by atoms with Gasteiger partial charge >= 0.3 is 0 Å². The van der Waals surface area contributed by atoms with Gasteiger partial charge in [-0.15, -0.1) is 0 Å². The fraction of sp³-hybridized carbons (Fsp3) is 0.571. The van der Waals surface area contributed by atoms with Gasteiger partial charge in [0.15, 0.2) is 0 Å². The topological polar surface area (TPSA) is 83.6 Å². The lowest BCUT2D eigenvalue weighted by molar-refractivity contribution is 0.388. The van der Waals surface area contributed by atoms with Gasteiger partial charge < -0.3 is 0 Å². The molecular formula is C14H22N2O4S2. The van der Waals surface area contributed by atoms with Crippen molar-refractivity contribution in [2.24, 2.45) is 0 Å². The van der Waals surface area contributed by atoms with Gasteiger partial charge in [0, 0.05) is 19.1 Å². The molecule has 1 unspecified atom stereocenters. The minimum absolute atomic E-state index is 0.0995. The Hall–Kier alpha value is -0.960. The second kappa shape index (κ2) is 6.27. The van der Waals surface area contributed by atoms with Gasteiger partial charge in [-0.25, -0.2) is 21.6 Å². The van der Waals surface area contributed by atoms with Crippen LogP contribution in [0.5, 0.6) is 0 Å². The van der Waals surface area contributed by atoms with Crippen LogP contribution in [0.25, 0.3) is 0 Å². The first kappa shape index (κ1) is 17.4. The maximum absolute atomic E-state index is 12.3. The molecule has 1 heterocycles. The van der Waals surface area contributed by atoms with E-state index in [-0.39, 0.29) is 17.5 Å². The van der Waals surface area contributed by atoms with Crippen molar-refractivity contribution < 1.29 is 16.8 Å². The molecule has 1 fully saturated rings. The number of nitrogens with zero attached hydrogens (tertiary/aromatic N) is 1. The van der Waals surface area contributed by atoms with Crippen molar-refractivity contribution in [3.05, 3.63) is 29.3 Å². The zero-order chi connectivity index (χ0) is 16.5. The average Bonchev–Trinajstić information content (AvgIpc) is 2.88. The Morgan fingerprint density at radius 3 is 2.45 bits per heavy atom. The van der Waals surface area contributed by atoms with E-state index in [2.05, 4.69) is 4.72 Å². The molecule has 1 N–H and O–H groups in total. The van der Waals surface area contributed by atoms with Crippen molar-refractivity contribution in [2.45, 2.75) is 37.6 Å². The predicted octanol–water partition coefficient (Wildman–Crippen LogP) is 1.01. The molecule has 0 radical (unpaired) electrons. The Labute approximate surface area is 132 Å². The summed E-state index contributed by atoms with van der Waals surface area (Å²) in [5, 5.41) is 0. The van der Waals surface area contributed by atoms with Crippen molar-refractivity contribution in [2.75, 3.05) is 19.3 Å². The van der Waals surface area contributed by atoms with Gasteiger partial charge in [0.05, 0.1) is 11.2 Å². The third-order valence-corrected chi connectivity index (χ3v) is 6.80. The molecule has 1 aromatic rings. The molecule has 8 heteroatoms. The van der Waals surface area contributed by atoms with Crippen LogP contribution < -0.4 is 4.72 Å². The highest BCUT2D eigenvalue weighted by molar-refractivity contribution is 7.89. The van der Waals surface area contributed by atoms with Crippen LogP contribution in [-0.4, -0.2) is 46.5 Å². The second-order valence-corrected chi connectivity index (χ2v) is 9.47. The summed E-state index contributed by atoms with van der Waals surface area (Å²) in [5.41, 5.74) is 1.93. The molecule has 22 heavy (non-hydrogen) atoms. The Bertz CT molecular complexity index is 757. The van der Waals surface area contributed by atoms with Gasteiger partial charge in [-0.1, -0.05) is 6.07 Å². The predicted molar refractivity (Wildman–Crippen MR) is 85.7 cm³/mol. The zero-order valence-corrected chi connectivity index (χ0v) is 14.7. The van der Waals surface area contributed by atoms with E-state index in [4.69, 9.17) is 0 Å². The smallest absolute Gasteiger partial charge is 0.212 e. The van der Waals surface area contributed by atoms with Gasteiger partial charge in [0.25, 0.3) is 0 Å². The van der Waals surface area contributed by atoms with Gasteiger partial charge in [-0.3, -0.25) is 0 Å². The van der Waals surface area contributed by atoms with Crippen molar-refractivity contribution in [3.8, 4) is 0 Å². The normalized spacial score (nSPS) is 20.4. The monoisotopic (exact) mass is 346 g/mol. The summed E-state index contributed by atoms with van der Waals surface area (Å²) in [6.07, 6.45) is 2.58. The average molecular weight is 346 g/mol. The molecule has 0 aromatic heterocycles. The summed E-state index contributed by atoms with van der Waals surface area (Å²) in [4.78, 5) is 0.208. The van der Waals surface area contributed by atoms with E-state index < -0.39 is 20.0 Å². The molecule has 1 atom stereocenters. The molecule has 2 rings (SSSR count). The van der Waals surface area contributed by atoms with Gasteiger partial charge in [0.1, 0.15) is 0 Å². The quantitative estimate of drug-likeness (QED) is 0.862. The summed E-state index contributed by atoms with van der Waals surface area (Å²) in [6, 6.07) is 4.65. The lowest BCUT2D eigenvalue weighted by Crippen LogP contribution is -2.42. The number of nitrogens with one attached hydrogen (secondary N) is 1. The number of benzene rings is 1. The van der Waals surface area contributed by atoms with Crippen molar-refractivity contribution in [1.29, 1.82) is 0 Å². The number of hydrogen-bond donors (Lipinski definition) is 1.